The Hall–Kier alpha value is 3.86. The quantitative estimate of drug-likeness (QED) is 0.486. The summed E-state index contributed by atoms with van der Waals surface area (Å²) in [4.78, 5) is 0. The molecule has 0 amide bonds. The zero-order valence-electron chi connectivity index (χ0n) is 2.02. The van der Waals surface area contributed by atoms with Crippen LogP contribution in [0.4, 0.5) is 0 Å². The van der Waals surface area contributed by atoms with Crippen LogP contribution in [0, 0.1) is 39.9 Å². The molecule has 0 nitrogen and oxygen atoms in total. The van der Waals surface area contributed by atoms with Crippen molar-refractivity contribution in [1.29, 1.82) is 0 Å². The van der Waals surface area contributed by atoms with E-state index in [9.17, 15) is 0 Å². The van der Waals surface area contributed by atoms with Crippen molar-refractivity contribution in [1.82, 2.24) is 0 Å². The van der Waals surface area contributed by atoms with Crippen molar-refractivity contribution in [3.05, 3.63) is 0 Å². The molecule has 5 radical (unpaired) electrons. The molecule has 0 rings (SSSR count). The first-order valence-corrected chi connectivity index (χ1v) is 0. The molecule has 0 saturated carbocycles. The van der Waals surface area contributed by atoms with Crippen LogP contribution in [-0.4, -0.2) is 0 Å². The Morgan fingerprint density at radius 3 is 0.333 bits per heavy atom. The molecule has 0 aromatic carbocycles. The summed E-state index contributed by atoms with van der Waals surface area (Å²) >= 11 is 0. The maximum Gasteiger partial charge on any atom is 0 e. The summed E-state index contributed by atoms with van der Waals surface area (Å²) < 4.78 is 0. The fourth-order valence-corrected chi connectivity index (χ4v) is 0. The van der Waals surface area contributed by atoms with E-state index in [1.165, 1.54) is 0 Å². The average Bonchev–Trinajstić information content (AvgIpc) is 0. The molecular formula is Co5Gd. The molecule has 0 aromatic rings. The van der Waals surface area contributed by atoms with Gasteiger partial charge in [0.1, 0.15) is 0 Å². The molecule has 0 aliphatic heterocycles. The van der Waals surface area contributed by atoms with Crippen molar-refractivity contribution >= 4 is 0 Å². The van der Waals surface area contributed by atoms with Gasteiger partial charge >= 0.3 is 0 Å². The van der Waals surface area contributed by atoms with E-state index in [-0.39, 0.29) is 124 Å². The van der Waals surface area contributed by atoms with Gasteiger partial charge < -0.3 is 0 Å². The summed E-state index contributed by atoms with van der Waals surface area (Å²) in [6, 6.07) is 0. The third kappa shape index (κ3) is 24.8. The summed E-state index contributed by atoms with van der Waals surface area (Å²) in [5.74, 6) is 0. The Morgan fingerprint density at radius 2 is 0.333 bits per heavy atom. The maximum atomic E-state index is 0. The molecule has 53 valence electrons. The van der Waals surface area contributed by atoms with Gasteiger partial charge in [0, 0.05) is 124 Å². The van der Waals surface area contributed by atoms with Crippen molar-refractivity contribution in [2.45, 2.75) is 0 Å². The van der Waals surface area contributed by atoms with E-state index >= 15 is 0 Å². The van der Waals surface area contributed by atoms with Gasteiger partial charge in [0.05, 0.1) is 0 Å². The van der Waals surface area contributed by atoms with E-state index < -0.39 is 0 Å². The van der Waals surface area contributed by atoms with E-state index in [1.54, 1.807) is 0 Å². The molecule has 0 saturated heterocycles. The van der Waals surface area contributed by atoms with Crippen LogP contribution in [0.25, 0.3) is 0 Å². The molecule has 0 unspecified atom stereocenters. The van der Waals surface area contributed by atoms with Crippen LogP contribution >= 0.6 is 0 Å². The van der Waals surface area contributed by atoms with Gasteiger partial charge in [-0.25, -0.2) is 0 Å². The first-order chi connectivity index (χ1) is 0. The summed E-state index contributed by atoms with van der Waals surface area (Å²) in [5.41, 5.74) is 0. The Balaban J connectivity index is 0. The van der Waals surface area contributed by atoms with Crippen LogP contribution in [0.2, 0.25) is 0 Å². The summed E-state index contributed by atoms with van der Waals surface area (Å²) in [7, 11) is 0. The van der Waals surface area contributed by atoms with E-state index in [2.05, 4.69) is 0 Å². The molecule has 0 spiro atoms. The molecule has 0 heterocycles. The van der Waals surface area contributed by atoms with E-state index in [4.69, 9.17) is 0 Å². The third-order valence-electron chi connectivity index (χ3n) is 0. The summed E-state index contributed by atoms with van der Waals surface area (Å²) in [6.07, 6.45) is 0. The number of hydrogen-bond donors (Lipinski definition) is 0. The Bertz CT molecular complexity index is 3.90. The van der Waals surface area contributed by atoms with Crippen molar-refractivity contribution in [2.75, 3.05) is 0 Å². The van der Waals surface area contributed by atoms with Gasteiger partial charge in [-0.2, -0.15) is 0 Å². The first-order valence-electron chi connectivity index (χ1n) is 0. The molecular weight excluding hydrogens is 452 g/mol. The standard InChI is InChI=1S/5Co.Gd. The first kappa shape index (κ1) is 52.0. The molecule has 0 aliphatic rings. The van der Waals surface area contributed by atoms with Crippen LogP contribution in [0.1, 0.15) is 0 Å². The van der Waals surface area contributed by atoms with Crippen LogP contribution in [-0.2, 0) is 83.9 Å². The van der Waals surface area contributed by atoms with Crippen LogP contribution in [0.15, 0.2) is 0 Å². The zero-order chi connectivity index (χ0) is 0. The van der Waals surface area contributed by atoms with Crippen molar-refractivity contribution < 1.29 is 124 Å². The minimum Gasteiger partial charge on any atom is 0 e. The summed E-state index contributed by atoms with van der Waals surface area (Å²) in [6.45, 7) is 0. The number of hydrogen-bond acceptors (Lipinski definition) is 0. The van der Waals surface area contributed by atoms with Gasteiger partial charge in [-0.3, -0.25) is 0 Å². The maximum absolute atomic E-state index is 0. The van der Waals surface area contributed by atoms with Crippen molar-refractivity contribution in [2.24, 2.45) is 0 Å². The SMILES string of the molecule is [Co].[Co].[Co].[Co].[Co].[Gd]. The van der Waals surface area contributed by atoms with Crippen LogP contribution in [0.5, 0.6) is 0 Å². The Labute approximate surface area is 121 Å². The van der Waals surface area contributed by atoms with Gasteiger partial charge in [0.15, 0.2) is 0 Å². The van der Waals surface area contributed by atoms with Crippen molar-refractivity contribution in [3.63, 3.8) is 0 Å². The van der Waals surface area contributed by atoms with Gasteiger partial charge in [0.2, 0.25) is 0 Å². The molecule has 0 fully saturated rings. The molecule has 0 N–H and O–H groups in total. The molecule has 0 aliphatic carbocycles. The smallest absolute Gasteiger partial charge is 0 e. The second kappa shape index (κ2) is 36.8. The van der Waals surface area contributed by atoms with Gasteiger partial charge in [-0.15, -0.1) is 0 Å². The predicted octanol–water partition coefficient (Wildman–Crippen LogP) is -0.0125. The van der Waals surface area contributed by atoms with Crippen LogP contribution in [0.3, 0.4) is 0 Å². The van der Waals surface area contributed by atoms with Gasteiger partial charge in [0.25, 0.3) is 0 Å². The van der Waals surface area contributed by atoms with Crippen LogP contribution < -0.4 is 0 Å². The second-order valence-electron chi connectivity index (χ2n) is 0. The number of rotatable bonds is 0. The van der Waals surface area contributed by atoms with E-state index in [1.807, 2.05) is 0 Å². The minimum atomic E-state index is 0. The van der Waals surface area contributed by atoms with Crippen molar-refractivity contribution in [3.8, 4) is 0 Å². The van der Waals surface area contributed by atoms with Gasteiger partial charge in [-0.05, 0) is 0 Å². The molecule has 0 atom stereocenters. The average molecular weight is 452 g/mol. The fourth-order valence-electron chi connectivity index (χ4n) is 0. The van der Waals surface area contributed by atoms with E-state index in [0.717, 1.165) is 0 Å². The largest absolute Gasteiger partial charge is 0 e. The second-order valence-corrected chi connectivity index (χ2v) is 0. The molecule has 6 heteroatoms. The third-order valence-corrected chi connectivity index (χ3v) is 0. The normalized spacial score (nSPS) is 0. The topological polar surface area (TPSA) is 0 Å². The summed E-state index contributed by atoms with van der Waals surface area (Å²) in [5, 5.41) is 0. The van der Waals surface area contributed by atoms with Gasteiger partial charge in [-0.1, -0.05) is 0 Å². The Morgan fingerprint density at radius 1 is 0.333 bits per heavy atom. The fraction of sp³-hybridized carbons (Fsp3) is 0. The monoisotopic (exact) mass is 453 g/mol. The Kier molecular flexibility index (Phi) is 318. The molecule has 0 aromatic heterocycles. The molecule has 6 heavy (non-hydrogen) atoms. The zero-order valence-corrected chi connectivity index (χ0v) is 9.49. The minimum absolute atomic E-state index is 0. The van der Waals surface area contributed by atoms with E-state index in [0.29, 0.717) is 0 Å². The predicted molar refractivity (Wildman–Crippen MR) is 0 cm³/mol. The molecule has 0 bridgehead atoms.